The number of anilines is 1. The van der Waals surface area contributed by atoms with Gasteiger partial charge in [0.15, 0.2) is 5.82 Å². The Morgan fingerprint density at radius 2 is 1.89 bits per heavy atom. The molecule has 1 fully saturated rings. The van der Waals surface area contributed by atoms with Crippen molar-refractivity contribution in [2.45, 2.75) is 19.8 Å². The first-order chi connectivity index (χ1) is 13.0. The molecule has 2 amide bonds. The summed E-state index contributed by atoms with van der Waals surface area (Å²) in [5, 5.41) is 6.43. The molecule has 0 saturated carbocycles. The van der Waals surface area contributed by atoms with Crippen molar-refractivity contribution >= 4 is 17.6 Å². The number of aromatic nitrogens is 1. The van der Waals surface area contributed by atoms with E-state index in [1.165, 1.54) is 12.1 Å². The van der Waals surface area contributed by atoms with E-state index in [-0.39, 0.29) is 24.1 Å². The maximum atomic E-state index is 12.9. The Balaban J connectivity index is 1.37. The van der Waals surface area contributed by atoms with Gasteiger partial charge in [0.05, 0.1) is 6.42 Å². The molecule has 1 aromatic carbocycles. The summed E-state index contributed by atoms with van der Waals surface area (Å²) < 4.78 is 17.8. The number of hydrogen-bond acceptors (Lipinski definition) is 5. The van der Waals surface area contributed by atoms with Crippen LogP contribution >= 0.6 is 0 Å². The van der Waals surface area contributed by atoms with E-state index in [0.29, 0.717) is 37.6 Å². The third-order valence-corrected chi connectivity index (χ3v) is 4.54. The quantitative estimate of drug-likeness (QED) is 0.835. The second kappa shape index (κ2) is 8.77. The highest BCUT2D eigenvalue weighted by molar-refractivity contribution is 5.89. The molecular formula is C19H23FN4O3. The van der Waals surface area contributed by atoms with E-state index in [1.807, 2.05) is 4.90 Å². The van der Waals surface area contributed by atoms with E-state index in [9.17, 15) is 14.0 Å². The molecule has 7 nitrogen and oxygen atoms in total. The van der Waals surface area contributed by atoms with Gasteiger partial charge >= 0.3 is 0 Å². The highest BCUT2D eigenvalue weighted by Gasteiger charge is 2.21. The van der Waals surface area contributed by atoms with Crippen molar-refractivity contribution in [2.75, 3.05) is 38.0 Å². The summed E-state index contributed by atoms with van der Waals surface area (Å²) in [6.45, 7) is 5.10. The lowest BCUT2D eigenvalue weighted by atomic mass is 10.1. The molecule has 1 aliphatic rings. The fourth-order valence-corrected chi connectivity index (χ4v) is 3.00. The number of aryl methyl sites for hydroxylation is 1. The van der Waals surface area contributed by atoms with Gasteiger partial charge in [-0.05, 0) is 24.6 Å². The molecule has 1 aromatic heterocycles. The van der Waals surface area contributed by atoms with Gasteiger partial charge in [0, 0.05) is 45.2 Å². The molecular weight excluding hydrogens is 351 g/mol. The van der Waals surface area contributed by atoms with Crippen molar-refractivity contribution in [3.05, 3.63) is 47.5 Å². The van der Waals surface area contributed by atoms with Gasteiger partial charge in [-0.25, -0.2) is 4.39 Å². The molecule has 144 valence electrons. The molecule has 1 aliphatic heterocycles. The van der Waals surface area contributed by atoms with Gasteiger partial charge < -0.3 is 14.7 Å². The van der Waals surface area contributed by atoms with Gasteiger partial charge in [-0.3, -0.25) is 14.5 Å². The van der Waals surface area contributed by atoms with E-state index in [4.69, 9.17) is 4.52 Å². The van der Waals surface area contributed by atoms with Crippen molar-refractivity contribution in [1.82, 2.24) is 15.0 Å². The van der Waals surface area contributed by atoms with E-state index in [2.05, 4.69) is 15.4 Å². The predicted octanol–water partition coefficient (Wildman–Crippen LogP) is 1.84. The third kappa shape index (κ3) is 5.62. The second-order valence-corrected chi connectivity index (χ2v) is 6.65. The molecule has 3 rings (SSSR count). The van der Waals surface area contributed by atoms with Crippen LogP contribution in [-0.2, 0) is 16.0 Å². The average Bonchev–Trinajstić information content (AvgIpc) is 3.07. The first-order valence-electron chi connectivity index (χ1n) is 8.97. The number of nitrogens with one attached hydrogen (secondary N) is 1. The lowest BCUT2D eigenvalue weighted by molar-refractivity contribution is -0.132. The lowest BCUT2D eigenvalue weighted by Gasteiger charge is -2.34. The number of amides is 2. The normalized spacial score (nSPS) is 15.0. The molecule has 0 spiro atoms. The highest BCUT2D eigenvalue weighted by atomic mass is 19.1. The van der Waals surface area contributed by atoms with Gasteiger partial charge in [-0.2, -0.15) is 0 Å². The topological polar surface area (TPSA) is 78.7 Å². The minimum absolute atomic E-state index is 0.0420. The number of hydrogen-bond donors (Lipinski definition) is 1. The Bertz CT molecular complexity index is 783. The maximum absolute atomic E-state index is 12.9. The van der Waals surface area contributed by atoms with Crippen LogP contribution in [0.25, 0.3) is 0 Å². The van der Waals surface area contributed by atoms with E-state index in [1.54, 1.807) is 25.1 Å². The number of halogens is 1. The predicted molar refractivity (Wildman–Crippen MR) is 97.6 cm³/mol. The van der Waals surface area contributed by atoms with Gasteiger partial charge in [-0.1, -0.05) is 17.3 Å². The molecule has 0 unspecified atom stereocenters. The van der Waals surface area contributed by atoms with Gasteiger partial charge in [-0.15, -0.1) is 0 Å². The summed E-state index contributed by atoms with van der Waals surface area (Å²) in [5.41, 5.74) is 0.809. The van der Waals surface area contributed by atoms with Gasteiger partial charge in [0.25, 0.3) is 0 Å². The number of rotatable bonds is 6. The summed E-state index contributed by atoms with van der Waals surface area (Å²) in [6.07, 6.45) is 0.634. The van der Waals surface area contributed by atoms with E-state index in [0.717, 1.165) is 18.7 Å². The monoisotopic (exact) mass is 374 g/mol. The molecule has 0 radical (unpaired) electrons. The summed E-state index contributed by atoms with van der Waals surface area (Å²) in [4.78, 5) is 28.3. The largest absolute Gasteiger partial charge is 0.360 e. The Labute approximate surface area is 157 Å². The molecule has 0 atom stereocenters. The molecule has 1 N–H and O–H groups in total. The second-order valence-electron chi connectivity index (χ2n) is 6.65. The number of carbonyl (C=O) groups is 2. The number of piperazine rings is 1. The van der Waals surface area contributed by atoms with Crippen LogP contribution in [-0.4, -0.2) is 59.5 Å². The van der Waals surface area contributed by atoms with Crippen molar-refractivity contribution in [3.8, 4) is 0 Å². The maximum Gasteiger partial charge on any atom is 0.227 e. The first kappa shape index (κ1) is 19.0. The summed E-state index contributed by atoms with van der Waals surface area (Å²) in [6, 6.07) is 7.68. The Morgan fingerprint density at radius 1 is 1.19 bits per heavy atom. The molecule has 27 heavy (non-hydrogen) atoms. The van der Waals surface area contributed by atoms with E-state index >= 15 is 0 Å². The first-order valence-corrected chi connectivity index (χ1v) is 8.97. The zero-order chi connectivity index (χ0) is 19.2. The molecule has 0 bridgehead atoms. The van der Waals surface area contributed by atoms with E-state index < -0.39 is 0 Å². The summed E-state index contributed by atoms with van der Waals surface area (Å²) >= 11 is 0. The van der Waals surface area contributed by atoms with Crippen molar-refractivity contribution in [1.29, 1.82) is 0 Å². The van der Waals surface area contributed by atoms with Crippen molar-refractivity contribution in [2.24, 2.45) is 0 Å². The zero-order valence-corrected chi connectivity index (χ0v) is 15.3. The van der Waals surface area contributed by atoms with Gasteiger partial charge in [0.1, 0.15) is 11.6 Å². The third-order valence-electron chi connectivity index (χ3n) is 4.54. The lowest BCUT2D eigenvalue weighted by Crippen LogP contribution is -2.49. The Hall–Kier alpha value is -2.74. The van der Waals surface area contributed by atoms with Crippen molar-refractivity contribution < 1.29 is 18.5 Å². The van der Waals surface area contributed by atoms with Crippen LogP contribution < -0.4 is 5.32 Å². The SMILES string of the molecule is Cc1cc(NC(=O)CCN2CCN(C(=O)Cc3ccc(F)cc3)CC2)no1. The van der Waals surface area contributed by atoms with Crippen LogP contribution in [0.2, 0.25) is 0 Å². The molecule has 1 saturated heterocycles. The fraction of sp³-hybridized carbons (Fsp3) is 0.421. The fourth-order valence-electron chi connectivity index (χ4n) is 3.00. The molecule has 2 aromatic rings. The Kier molecular flexibility index (Phi) is 6.18. The average molecular weight is 374 g/mol. The molecule has 8 heteroatoms. The van der Waals surface area contributed by atoms with Crippen molar-refractivity contribution in [3.63, 3.8) is 0 Å². The van der Waals surface area contributed by atoms with Crippen LogP contribution in [0.3, 0.4) is 0 Å². The van der Waals surface area contributed by atoms with Gasteiger partial charge in [0.2, 0.25) is 11.8 Å². The minimum Gasteiger partial charge on any atom is -0.360 e. The summed E-state index contributed by atoms with van der Waals surface area (Å²) in [5.74, 6) is 0.696. The smallest absolute Gasteiger partial charge is 0.227 e. The molecule has 2 heterocycles. The summed E-state index contributed by atoms with van der Waals surface area (Å²) in [7, 11) is 0. The van der Waals surface area contributed by atoms with Crippen LogP contribution in [0.1, 0.15) is 17.7 Å². The number of carbonyl (C=O) groups excluding carboxylic acids is 2. The van der Waals surface area contributed by atoms with Crippen LogP contribution in [0.4, 0.5) is 10.2 Å². The number of nitrogens with zero attached hydrogens (tertiary/aromatic N) is 3. The zero-order valence-electron chi connectivity index (χ0n) is 15.3. The minimum atomic E-state index is -0.303. The van der Waals surface area contributed by atoms with Crippen LogP contribution in [0.15, 0.2) is 34.9 Å². The Morgan fingerprint density at radius 3 is 2.52 bits per heavy atom. The van der Waals surface area contributed by atoms with Crippen LogP contribution in [0, 0.1) is 12.7 Å². The van der Waals surface area contributed by atoms with Crippen LogP contribution in [0.5, 0.6) is 0 Å². The highest BCUT2D eigenvalue weighted by Crippen LogP contribution is 2.10. The molecule has 0 aliphatic carbocycles. The standard InChI is InChI=1S/C19H23FN4O3/c1-14-12-17(22-27-14)21-18(25)6-7-23-8-10-24(11-9-23)19(26)13-15-2-4-16(20)5-3-15/h2-5,12H,6-11,13H2,1H3,(H,21,22,25). The number of benzene rings is 1.